The highest BCUT2D eigenvalue weighted by Gasteiger charge is 2.23. The number of carbonyl (C=O) groups excluding carboxylic acids is 1. The number of carboxylic acids is 1. The Kier molecular flexibility index (Phi) is 3.91. The average Bonchev–Trinajstić information content (AvgIpc) is 2.26. The highest BCUT2D eigenvalue weighted by Crippen LogP contribution is 2.13. The Morgan fingerprint density at radius 3 is 2.73 bits per heavy atom. The van der Waals surface area contributed by atoms with Crippen molar-refractivity contribution in [2.24, 2.45) is 0 Å². The van der Waals surface area contributed by atoms with Gasteiger partial charge in [0.25, 0.3) is 0 Å². The van der Waals surface area contributed by atoms with Gasteiger partial charge in [0.05, 0.1) is 7.11 Å². The minimum Gasteiger partial charge on any atom is -0.479 e. The zero-order chi connectivity index (χ0) is 11.3. The Balaban J connectivity index is 2.73. The van der Waals surface area contributed by atoms with Gasteiger partial charge < -0.3 is 15.2 Å². The number of allylic oxidation sites excluding steroid dienone is 2. The van der Waals surface area contributed by atoms with Gasteiger partial charge in [0, 0.05) is 0 Å². The van der Waals surface area contributed by atoms with Gasteiger partial charge in [0.2, 0.25) is 0 Å². The van der Waals surface area contributed by atoms with Gasteiger partial charge in [-0.3, -0.25) is 0 Å². The lowest BCUT2D eigenvalue weighted by atomic mass is 10.0. The van der Waals surface area contributed by atoms with Crippen molar-refractivity contribution in [3.05, 3.63) is 23.8 Å². The second-order valence-corrected chi connectivity index (χ2v) is 3.09. The molecule has 0 fully saturated rings. The number of methoxy groups -OCH3 is 1. The van der Waals surface area contributed by atoms with Crippen molar-refractivity contribution in [3.8, 4) is 0 Å². The topological polar surface area (TPSA) is 75.6 Å². The largest absolute Gasteiger partial charge is 0.479 e. The highest BCUT2D eigenvalue weighted by atomic mass is 16.5. The monoisotopic (exact) mass is 211 g/mol. The quantitative estimate of drug-likeness (QED) is 0.732. The zero-order valence-electron chi connectivity index (χ0n) is 8.40. The Morgan fingerprint density at radius 2 is 2.27 bits per heavy atom. The van der Waals surface area contributed by atoms with Gasteiger partial charge >= 0.3 is 12.1 Å². The summed E-state index contributed by atoms with van der Waals surface area (Å²) < 4.78 is 4.36. The molecule has 0 aromatic heterocycles. The average molecular weight is 211 g/mol. The summed E-state index contributed by atoms with van der Waals surface area (Å²) in [5.41, 5.74) is 0.583. The zero-order valence-corrected chi connectivity index (χ0v) is 8.40. The molecule has 5 heteroatoms. The summed E-state index contributed by atoms with van der Waals surface area (Å²) >= 11 is 0. The minimum absolute atomic E-state index is 0.583. The van der Waals surface area contributed by atoms with Crippen LogP contribution in [0.2, 0.25) is 0 Å². The maximum atomic E-state index is 10.9. The second-order valence-electron chi connectivity index (χ2n) is 3.09. The lowest BCUT2D eigenvalue weighted by molar-refractivity contribution is -0.138. The second kappa shape index (κ2) is 5.19. The minimum atomic E-state index is -1.10. The van der Waals surface area contributed by atoms with E-state index in [9.17, 15) is 9.59 Å². The van der Waals surface area contributed by atoms with Crippen molar-refractivity contribution in [3.63, 3.8) is 0 Å². The number of alkyl carbamates (subject to hydrolysis) is 1. The fourth-order valence-corrected chi connectivity index (χ4v) is 1.31. The number of ether oxygens (including phenoxy) is 1. The molecular weight excluding hydrogens is 198 g/mol. The molecule has 0 radical (unpaired) electrons. The molecule has 0 aromatic rings. The molecule has 0 saturated carbocycles. The van der Waals surface area contributed by atoms with Crippen LogP contribution in [-0.2, 0) is 9.53 Å². The lowest BCUT2D eigenvalue weighted by Gasteiger charge is -2.16. The summed E-state index contributed by atoms with van der Waals surface area (Å²) in [4.78, 5) is 21.8. The van der Waals surface area contributed by atoms with E-state index in [-0.39, 0.29) is 0 Å². The van der Waals surface area contributed by atoms with E-state index in [0.717, 1.165) is 12.8 Å². The third kappa shape index (κ3) is 3.12. The molecule has 0 heterocycles. The number of aliphatic carboxylic acids is 1. The van der Waals surface area contributed by atoms with Crippen molar-refractivity contribution < 1.29 is 19.4 Å². The fraction of sp³-hybridized carbons (Fsp3) is 0.400. The molecule has 5 nitrogen and oxygen atoms in total. The summed E-state index contributed by atoms with van der Waals surface area (Å²) in [7, 11) is 1.19. The molecule has 1 aliphatic carbocycles. The highest BCUT2D eigenvalue weighted by molar-refractivity contribution is 5.83. The van der Waals surface area contributed by atoms with Gasteiger partial charge in [-0.2, -0.15) is 0 Å². The number of amides is 1. The van der Waals surface area contributed by atoms with Crippen LogP contribution in [0, 0.1) is 0 Å². The standard InChI is InChI=1S/C10H13NO4/c1-15-10(14)11-8(9(12)13)7-5-3-2-4-6-7/h3,5-6,8H,2,4H2,1H3,(H,11,14)(H,12,13)/t8-/m1/s1. The third-order valence-electron chi connectivity index (χ3n) is 2.05. The summed E-state index contributed by atoms with van der Waals surface area (Å²) in [6, 6.07) is -1.03. The van der Waals surface area contributed by atoms with E-state index in [0.29, 0.717) is 5.57 Å². The van der Waals surface area contributed by atoms with Crippen LogP contribution < -0.4 is 5.32 Å². The van der Waals surface area contributed by atoms with E-state index < -0.39 is 18.1 Å². The molecule has 15 heavy (non-hydrogen) atoms. The fourth-order valence-electron chi connectivity index (χ4n) is 1.31. The van der Waals surface area contributed by atoms with Gasteiger partial charge in [-0.25, -0.2) is 9.59 Å². The van der Waals surface area contributed by atoms with Crippen molar-refractivity contribution in [2.45, 2.75) is 18.9 Å². The molecule has 1 atom stereocenters. The lowest BCUT2D eigenvalue weighted by Crippen LogP contribution is -2.41. The number of rotatable bonds is 3. The van der Waals surface area contributed by atoms with Crippen LogP contribution in [0.4, 0.5) is 4.79 Å². The summed E-state index contributed by atoms with van der Waals surface area (Å²) in [6.07, 6.45) is 6.33. The molecule has 1 rings (SSSR count). The van der Waals surface area contributed by atoms with Crippen molar-refractivity contribution >= 4 is 12.1 Å². The first-order chi connectivity index (χ1) is 7.15. The number of carbonyl (C=O) groups is 2. The van der Waals surface area contributed by atoms with Gasteiger partial charge in [-0.1, -0.05) is 18.2 Å². The number of hydrogen-bond donors (Lipinski definition) is 2. The van der Waals surface area contributed by atoms with Gasteiger partial charge in [-0.05, 0) is 18.4 Å². The first kappa shape index (κ1) is 11.3. The molecule has 1 aliphatic rings. The van der Waals surface area contributed by atoms with E-state index in [4.69, 9.17) is 5.11 Å². The van der Waals surface area contributed by atoms with E-state index in [1.807, 2.05) is 6.08 Å². The third-order valence-corrected chi connectivity index (χ3v) is 2.05. The molecule has 0 unspecified atom stereocenters. The van der Waals surface area contributed by atoms with Crippen molar-refractivity contribution in [1.82, 2.24) is 5.32 Å². The summed E-state index contributed by atoms with van der Waals surface area (Å²) in [6.45, 7) is 0. The molecule has 2 N–H and O–H groups in total. The van der Waals surface area contributed by atoms with Crippen LogP contribution in [0.5, 0.6) is 0 Å². The normalized spacial score (nSPS) is 16.5. The van der Waals surface area contributed by atoms with Crippen LogP contribution in [0.25, 0.3) is 0 Å². The Labute approximate surface area is 87.4 Å². The molecule has 82 valence electrons. The van der Waals surface area contributed by atoms with Crippen molar-refractivity contribution in [1.29, 1.82) is 0 Å². The Morgan fingerprint density at radius 1 is 1.53 bits per heavy atom. The predicted octanol–water partition coefficient (Wildman–Crippen LogP) is 1.07. The number of hydrogen-bond acceptors (Lipinski definition) is 3. The van der Waals surface area contributed by atoms with Crippen LogP contribution in [0.3, 0.4) is 0 Å². The van der Waals surface area contributed by atoms with E-state index >= 15 is 0 Å². The smallest absolute Gasteiger partial charge is 0.407 e. The molecular formula is C10H13NO4. The first-order valence-electron chi connectivity index (χ1n) is 4.59. The maximum absolute atomic E-state index is 10.9. The summed E-state index contributed by atoms with van der Waals surface area (Å²) in [5, 5.41) is 11.2. The molecule has 0 aromatic carbocycles. The van der Waals surface area contributed by atoms with Crippen molar-refractivity contribution in [2.75, 3.05) is 7.11 Å². The molecule has 1 amide bonds. The van der Waals surface area contributed by atoms with Gasteiger partial charge in [-0.15, -0.1) is 0 Å². The number of carboxylic acid groups (broad SMARTS) is 1. The van der Waals surface area contributed by atoms with Crippen LogP contribution in [0.15, 0.2) is 23.8 Å². The molecule has 0 aliphatic heterocycles. The van der Waals surface area contributed by atoms with Crippen LogP contribution >= 0.6 is 0 Å². The predicted molar refractivity (Wildman–Crippen MR) is 53.4 cm³/mol. The van der Waals surface area contributed by atoms with Gasteiger partial charge in [0.15, 0.2) is 6.04 Å². The van der Waals surface area contributed by atoms with E-state index in [1.165, 1.54) is 7.11 Å². The summed E-state index contributed by atoms with van der Waals surface area (Å²) in [5.74, 6) is -1.10. The molecule has 0 saturated heterocycles. The first-order valence-corrected chi connectivity index (χ1v) is 4.59. The van der Waals surface area contributed by atoms with Gasteiger partial charge in [0.1, 0.15) is 0 Å². The van der Waals surface area contributed by atoms with Crippen LogP contribution in [-0.4, -0.2) is 30.3 Å². The molecule has 0 spiro atoms. The Hall–Kier alpha value is -1.78. The SMILES string of the molecule is COC(=O)N[C@@H](C(=O)O)C1=CCCC=C1. The van der Waals surface area contributed by atoms with E-state index in [2.05, 4.69) is 10.1 Å². The molecule has 0 bridgehead atoms. The number of nitrogens with one attached hydrogen (secondary N) is 1. The maximum Gasteiger partial charge on any atom is 0.407 e. The van der Waals surface area contributed by atoms with Crippen LogP contribution in [0.1, 0.15) is 12.8 Å². The Bertz CT molecular complexity index is 319. The van der Waals surface area contributed by atoms with E-state index in [1.54, 1.807) is 12.2 Å².